The molecule has 2 aromatic rings. The van der Waals surface area contributed by atoms with E-state index >= 15 is 0 Å². The van der Waals surface area contributed by atoms with Crippen molar-refractivity contribution < 1.29 is 33.8 Å². The van der Waals surface area contributed by atoms with Gasteiger partial charge in [0.05, 0.1) is 30.6 Å². The van der Waals surface area contributed by atoms with E-state index in [4.69, 9.17) is 9.47 Å². The Bertz CT molecular complexity index is 1430. The van der Waals surface area contributed by atoms with Crippen LogP contribution in [0.3, 0.4) is 0 Å². The lowest BCUT2D eigenvalue weighted by molar-refractivity contribution is -0.148. The predicted octanol–water partition coefficient (Wildman–Crippen LogP) is 1.91. The molecule has 6 rings (SSSR count). The molecule has 0 radical (unpaired) electrons. The number of hydrogen-bond donors (Lipinski definition) is 2. The van der Waals surface area contributed by atoms with Crippen molar-refractivity contribution in [2.45, 2.75) is 43.2 Å². The van der Waals surface area contributed by atoms with E-state index in [-0.39, 0.29) is 45.2 Å². The molecule has 0 aliphatic carbocycles. The minimum absolute atomic E-state index is 0.0682. The van der Waals surface area contributed by atoms with Gasteiger partial charge in [-0.25, -0.2) is 0 Å². The highest BCUT2D eigenvalue weighted by Gasteiger charge is 2.73. The van der Waals surface area contributed by atoms with Crippen LogP contribution in [-0.4, -0.2) is 82.6 Å². The highest BCUT2D eigenvalue weighted by atomic mass is 16.5. The lowest BCUT2D eigenvalue weighted by atomic mass is 9.74. The van der Waals surface area contributed by atoms with E-state index in [1.165, 1.54) is 4.90 Å². The summed E-state index contributed by atoms with van der Waals surface area (Å²) in [6.07, 6.45) is 7.03. The average molecular weight is 586 g/mol. The third kappa shape index (κ3) is 5.36. The number of fused-ring (bicyclic) bond motifs is 2. The van der Waals surface area contributed by atoms with Crippen molar-refractivity contribution in [3.05, 3.63) is 96.1 Å². The van der Waals surface area contributed by atoms with Gasteiger partial charge in [-0.3, -0.25) is 19.2 Å². The van der Waals surface area contributed by atoms with E-state index in [0.29, 0.717) is 6.42 Å². The number of rotatable bonds is 5. The number of esters is 1. The number of aliphatic hydroxyl groups excluding tert-OH is 1. The Morgan fingerprint density at radius 3 is 2.44 bits per heavy atom. The molecule has 3 amide bonds. The fraction of sp³-hybridized carbons (Fsp3) is 0.394. The summed E-state index contributed by atoms with van der Waals surface area (Å²) in [6.45, 7) is 0.0248. The number of β-amino-alcohol motifs (C(OH)–C–C–N with tert-alkyl or cyclic N) is 1. The van der Waals surface area contributed by atoms with Gasteiger partial charge in [0.25, 0.3) is 0 Å². The summed E-state index contributed by atoms with van der Waals surface area (Å²) in [5, 5.41) is 12.9. The minimum Gasteiger partial charge on any atom is -0.463 e. The predicted molar refractivity (Wildman–Crippen MR) is 155 cm³/mol. The summed E-state index contributed by atoms with van der Waals surface area (Å²) < 4.78 is 12.0. The number of aliphatic hydroxyl groups is 1. The monoisotopic (exact) mass is 585 g/mol. The molecule has 0 aromatic heterocycles. The first-order chi connectivity index (χ1) is 20.9. The first-order valence-corrected chi connectivity index (χ1v) is 14.7. The van der Waals surface area contributed by atoms with Gasteiger partial charge in [0.1, 0.15) is 18.2 Å². The normalized spacial score (nSPS) is 31.6. The summed E-state index contributed by atoms with van der Waals surface area (Å²) in [5.74, 6) is -3.43. The molecule has 0 unspecified atom stereocenters. The maximum Gasteiger partial charge on any atom is 0.306 e. The Morgan fingerprint density at radius 2 is 1.70 bits per heavy atom. The van der Waals surface area contributed by atoms with Crippen LogP contribution in [0.1, 0.15) is 30.0 Å². The zero-order chi connectivity index (χ0) is 30.0. The van der Waals surface area contributed by atoms with Gasteiger partial charge in [-0.1, -0.05) is 85.0 Å². The van der Waals surface area contributed by atoms with Gasteiger partial charge in [-0.05, 0) is 17.5 Å². The molecule has 2 N–H and O–H groups in total. The van der Waals surface area contributed by atoms with Crippen LogP contribution in [-0.2, 0) is 35.2 Å². The fourth-order valence-electron chi connectivity index (χ4n) is 6.75. The number of carbonyl (C=O) groups excluding carboxylic acids is 4. The molecule has 43 heavy (non-hydrogen) atoms. The van der Waals surface area contributed by atoms with Crippen molar-refractivity contribution >= 4 is 23.7 Å². The second-order valence-corrected chi connectivity index (χ2v) is 11.3. The highest BCUT2D eigenvalue weighted by Crippen LogP contribution is 2.55. The molecule has 6 atom stereocenters. The Balaban J connectivity index is 1.39. The lowest BCUT2D eigenvalue weighted by Gasteiger charge is -2.35. The smallest absolute Gasteiger partial charge is 0.306 e. The Kier molecular flexibility index (Phi) is 8.14. The fourth-order valence-corrected chi connectivity index (χ4v) is 6.75. The number of ether oxygens (including phenoxy) is 2. The first-order valence-electron chi connectivity index (χ1n) is 14.7. The average Bonchev–Trinajstić information content (AvgIpc) is 3.66. The van der Waals surface area contributed by atoms with Gasteiger partial charge >= 0.3 is 5.97 Å². The minimum atomic E-state index is -1.35. The lowest BCUT2D eigenvalue weighted by Crippen LogP contribution is -2.56. The van der Waals surface area contributed by atoms with Gasteiger partial charge in [-0.15, -0.1) is 0 Å². The van der Waals surface area contributed by atoms with E-state index < -0.39 is 53.4 Å². The highest BCUT2D eigenvalue weighted by molar-refractivity contribution is 6.00. The largest absolute Gasteiger partial charge is 0.463 e. The molecule has 5 bridgehead atoms. The van der Waals surface area contributed by atoms with Crippen LogP contribution in [0.25, 0.3) is 0 Å². The summed E-state index contributed by atoms with van der Waals surface area (Å²) >= 11 is 0. The van der Waals surface area contributed by atoms with Crippen molar-refractivity contribution in [3.63, 3.8) is 0 Å². The standard InChI is InChI=1S/C33H35N3O7/c37-19-18-36-29-32(41)35(20-22-10-4-1-5-11-22)17-9-3-8-14-26(38)42-21-24(23-12-6-2-7-13-23)34-30(39)27-25-15-16-33(29,43-25)28(27)31(36)40/h1-7,9-13,15-16,24-25,27-29,37H,8,14,17-21H2,(H,34,39)/b9-3-/t24-,25-,27+,28+,29-,33+/m1/s1. The van der Waals surface area contributed by atoms with Crippen molar-refractivity contribution in [3.8, 4) is 0 Å². The Morgan fingerprint density at radius 1 is 0.953 bits per heavy atom. The summed E-state index contributed by atoms with van der Waals surface area (Å²) in [6, 6.07) is 17.0. The van der Waals surface area contributed by atoms with Crippen LogP contribution in [0.15, 0.2) is 85.0 Å². The molecule has 10 nitrogen and oxygen atoms in total. The maximum absolute atomic E-state index is 14.5. The molecule has 4 heterocycles. The summed E-state index contributed by atoms with van der Waals surface area (Å²) in [7, 11) is 0. The zero-order valence-electron chi connectivity index (χ0n) is 23.7. The van der Waals surface area contributed by atoms with Crippen LogP contribution in [0.4, 0.5) is 0 Å². The number of nitrogens with one attached hydrogen (secondary N) is 1. The van der Waals surface area contributed by atoms with E-state index in [0.717, 1.165) is 11.1 Å². The molecule has 2 aromatic carbocycles. The third-order valence-electron chi connectivity index (χ3n) is 8.72. The molecule has 4 aliphatic rings. The maximum atomic E-state index is 14.5. The van der Waals surface area contributed by atoms with Gasteiger partial charge in [0.15, 0.2) is 0 Å². The van der Waals surface area contributed by atoms with Crippen LogP contribution in [0.2, 0.25) is 0 Å². The summed E-state index contributed by atoms with van der Waals surface area (Å²) in [4.78, 5) is 58.1. The SMILES string of the molecule is O=C1CC/C=C\CN(Cc2ccccc2)C(=O)[C@H]2N(CCO)C(=O)[C@@H]3[C@@H](C(=O)N[C@@H](c4ccccc4)CO1)[C@H]1C=C[C@]32O1. The van der Waals surface area contributed by atoms with E-state index in [1.54, 1.807) is 17.1 Å². The van der Waals surface area contributed by atoms with Gasteiger partial charge in [0, 0.05) is 26.1 Å². The number of amides is 3. The number of allylic oxidation sites excluding steroid dienone is 1. The second-order valence-electron chi connectivity index (χ2n) is 11.3. The van der Waals surface area contributed by atoms with Crippen LogP contribution in [0, 0.1) is 11.8 Å². The number of nitrogens with zero attached hydrogens (tertiary/aromatic N) is 2. The van der Waals surface area contributed by atoms with Gasteiger partial charge in [-0.2, -0.15) is 0 Å². The molecule has 10 heteroatoms. The number of benzene rings is 2. The molecule has 1 spiro atoms. The summed E-state index contributed by atoms with van der Waals surface area (Å²) in [5.41, 5.74) is 0.305. The first kappa shape index (κ1) is 28.8. The van der Waals surface area contributed by atoms with E-state index in [2.05, 4.69) is 5.32 Å². The quantitative estimate of drug-likeness (QED) is 0.406. The molecule has 4 aliphatic heterocycles. The topological polar surface area (TPSA) is 125 Å². The Labute approximate surface area is 249 Å². The molecular weight excluding hydrogens is 550 g/mol. The Hall–Kier alpha value is -4.28. The molecular formula is C33H35N3O7. The molecule has 2 fully saturated rings. The van der Waals surface area contributed by atoms with E-state index in [9.17, 15) is 24.3 Å². The van der Waals surface area contributed by atoms with Crippen molar-refractivity contribution in [2.75, 3.05) is 26.3 Å². The molecule has 0 saturated carbocycles. The van der Waals surface area contributed by atoms with Crippen molar-refractivity contribution in [1.82, 2.24) is 15.1 Å². The molecule has 224 valence electrons. The zero-order valence-corrected chi connectivity index (χ0v) is 23.7. The second kappa shape index (κ2) is 12.1. The molecule has 2 saturated heterocycles. The number of likely N-dealkylation sites (tertiary alicyclic amines) is 1. The van der Waals surface area contributed by atoms with Gasteiger partial charge in [0.2, 0.25) is 17.7 Å². The van der Waals surface area contributed by atoms with Gasteiger partial charge < -0.3 is 29.7 Å². The van der Waals surface area contributed by atoms with Crippen LogP contribution < -0.4 is 5.32 Å². The third-order valence-corrected chi connectivity index (χ3v) is 8.72. The van der Waals surface area contributed by atoms with Crippen LogP contribution in [0.5, 0.6) is 0 Å². The number of carbonyl (C=O) groups is 4. The number of cyclic esters (lactones) is 1. The van der Waals surface area contributed by atoms with Crippen molar-refractivity contribution in [1.29, 1.82) is 0 Å². The van der Waals surface area contributed by atoms with Crippen molar-refractivity contribution in [2.24, 2.45) is 11.8 Å². The van der Waals surface area contributed by atoms with Crippen LogP contribution >= 0.6 is 0 Å². The van der Waals surface area contributed by atoms with E-state index in [1.807, 2.05) is 72.8 Å². The number of hydrogen-bond acceptors (Lipinski definition) is 7.